The van der Waals surface area contributed by atoms with E-state index < -0.39 is 35.9 Å². The van der Waals surface area contributed by atoms with Crippen molar-refractivity contribution >= 4 is 41.8 Å². The van der Waals surface area contributed by atoms with E-state index in [2.05, 4.69) is 33.0 Å². The van der Waals surface area contributed by atoms with Gasteiger partial charge in [0.2, 0.25) is 0 Å². The Hall–Kier alpha value is -3.96. The van der Waals surface area contributed by atoms with Crippen LogP contribution in [0.25, 0.3) is 0 Å². The summed E-state index contributed by atoms with van der Waals surface area (Å²) in [5, 5.41) is 10.4. The van der Waals surface area contributed by atoms with Crippen LogP contribution in [0.3, 0.4) is 0 Å². The van der Waals surface area contributed by atoms with Crippen molar-refractivity contribution in [3.8, 4) is 0 Å². The summed E-state index contributed by atoms with van der Waals surface area (Å²) in [7, 11) is 0. The molecule has 0 aromatic rings. The number of hydrogen-bond donors (Lipinski definition) is 2. The number of carboxylic acids is 1. The van der Waals surface area contributed by atoms with E-state index in [9.17, 15) is 41.9 Å². The van der Waals surface area contributed by atoms with Crippen LogP contribution in [0.15, 0.2) is 0 Å². The number of carbonyl (C=O) groups excluding carboxylic acids is 6. The highest BCUT2D eigenvalue weighted by atomic mass is 19.4. The Balaban J connectivity index is 0.00000647. The van der Waals surface area contributed by atoms with E-state index in [0.717, 1.165) is 128 Å². The standard InChI is InChI=1S/C51H91NO12.C2HF3O2/c1-5-9-13-17-21-25-29-46(53)59-36-42(37-60-47(54)30-26-22-18-14-10-6-2)33-50(57)63-40-44-35-45(52-44)41-64-51(58)34-43(38-61-48(55)31-27-23-19-15-11-7-3)39-62-49(56)32-28-24-20-16-12-8-4;3-2(4,5)1(6)7/h42-45,52H,5-41H2,1-4H3;(H,6,7)/t44-,45+;. The van der Waals surface area contributed by atoms with E-state index in [1.165, 1.54) is 25.7 Å². The molecule has 0 saturated carbocycles. The second-order valence-electron chi connectivity index (χ2n) is 18.9. The smallest absolute Gasteiger partial charge is 0.475 e. The van der Waals surface area contributed by atoms with Crippen molar-refractivity contribution < 1.29 is 80.3 Å². The minimum atomic E-state index is -5.08. The molecular formula is C53H92F3NO14. The fraction of sp³-hybridized carbons (Fsp3) is 0.868. The molecular weight excluding hydrogens is 932 g/mol. The summed E-state index contributed by atoms with van der Waals surface area (Å²) >= 11 is 0. The number of rotatable bonds is 44. The number of nitrogens with one attached hydrogen (secondary N) is 1. The molecule has 1 fully saturated rings. The van der Waals surface area contributed by atoms with Gasteiger partial charge >= 0.3 is 48.0 Å². The molecule has 1 rings (SSSR count). The van der Waals surface area contributed by atoms with Crippen molar-refractivity contribution in [2.75, 3.05) is 39.6 Å². The molecule has 18 heteroatoms. The topological polar surface area (TPSA) is 207 Å². The second kappa shape index (κ2) is 44.7. The number of carboxylic acid groups (broad SMARTS) is 1. The molecule has 414 valence electrons. The van der Waals surface area contributed by atoms with Gasteiger partial charge in [0.05, 0.1) is 39.3 Å². The Morgan fingerprint density at radius 2 is 0.648 bits per heavy atom. The number of unbranched alkanes of at least 4 members (excludes halogenated alkanes) is 20. The van der Waals surface area contributed by atoms with Crippen molar-refractivity contribution in [3.63, 3.8) is 0 Å². The number of hydrogen-bond acceptors (Lipinski definition) is 14. The summed E-state index contributed by atoms with van der Waals surface area (Å²) < 4.78 is 64.9. The van der Waals surface area contributed by atoms with Crippen LogP contribution in [-0.4, -0.2) is 105 Å². The summed E-state index contributed by atoms with van der Waals surface area (Å²) in [6.07, 6.45) is 22.0. The van der Waals surface area contributed by atoms with Gasteiger partial charge in [0.25, 0.3) is 0 Å². The maximum atomic E-state index is 12.9. The first-order valence-electron chi connectivity index (χ1n) is 27.0. The lowest BCUT2D eigenvalue weighted by molar-refractivity contribution is -0.192. The fourth-order valence-electron chi connectivity index (χ4n) is 7.52. The second-order valence-corrected chi connectivity index (χ2v) is 18.9. The largest absolute Gasteiger partial charge is 0.490 e. The molecule has 15 nitrogen and oxygen atoms in total. The number of halogens is 3. The van der Waals surface area contributed by atoms with Crippen molar-refractivity contribution in [1.82, 2.24) is 5.32 Å². The predicted octanol–water partition coefficient (Wildman–Crippen LogP) is 11.6. The van der Waals surface area contributed by atoms with Crippen molar-refractivity contribution in [2.24, 2.45) is 11.8 Å². The Labute approximate surface area is 422 Å². The molecule has 0 radical (unpaired) electrons. The van der Waals surface area contributed by atoms with Crippen LogP contribution in [-0.2, 0) is 62.0 Å². The maximum absolute atomic E-state index is 12.9. The highest BCUT2D eigenvalue weighted by Crippen LogP contribution is 2.18. The predicted molar refractivity (Wildman–Crippen MR) is 263 cm³/mol. The maximum Gasteiger partial charge on any atom is 0.490 e. The van der Waals surface area contributed by atoms with Gasteiger partial charge in [-0.15, -0.1) is 0 Å². The highest BCUT2D eigenvalue weighted by Gasteiger charge is 2.38. The van der Waals surface area contributed by atoms with Gasteiger partial charge in [0, 0.05) is 49.6 Å². The molecule has 1 aliphatic rings. The van der Waals surface area contributed by atoms with Gasteiger partial charge in [0.15, 0.2) is 0 Å². The minimum absolute atomic E-state index is 0.0344. The van der Waals surface area contributed by atoms with Gasteiger partial charge in [-0.2, -0.15) is 13.2 Å². The third-order valence-electron chi connectivity index (χ3n) is 11.9. The van der Waals surface area contributed by atoms with Gasteiger partial charge in [-0.3, -0.25) is 28.8 Å². The van der Waals surface area contributed by atoms with Crippen molar-refractivity contribution in [1.29, 1.82) is 0 Å². The summed E-state index contributed by atoms with van der Waals surface area (Å²) in [6.45, 7) is 8.75. The van der Waals surface area contributed by atoms with Crippen LogP contribution < -0.4 is 5.32 Å². The van der Waals surface area contributed by atoms with Crippen LogP contribution >= 0.6 is 0 Å². The summed E-state index contributed by atoms with van der Waals surface area (Å²) in [4.78, 5) is 84.6. The normalized spacial score (nSPS) is 14.2. The summed E-state index contributed by atoms with van der Waals surface area (Å²) in [5.41, 5.74) is 0. The van der Waals surface area contributed by atoms with E-state index in [0.29, 0.717) is 32.1 Å². The zero-order valence-electron chi connectivity index (χ0n) is 43.9. The summed E-state index contributed by atoms with van der Waals surface area (Å²) in [5.74, 6) is -6.04. The number of esters is 6. The molecule has 71 heavy (non-hydrogen) atoms. The Kier molecular flexibility index (Phi) is 42.2. The Morgan fingerprint density at radius 3 is 0.873 bits per heavy atom. The van der Waals surface area contributed by atoms with E-state index in [4.69, 9.17) is 38.3 Å². The molecule has 1 aliphatic heterocycles. The first-order chi connectivity index (χ1) is 34.0. The van der Waals surface area contributed by atoms with Gasteiger partial charge in [-0.25, -0.2) is 4.79 Å². The third-order valence-corrected chi connectivity index (χ3v) is 11.9. The summed E-state index contributed by atoms with van der Waals surface area (Å²) in [6, 6.07) is -0.248. The van der Waals surface area contributed by atoms with Crippen molar-refractivity contribution in [3.05, 3.63) is 0 Å². The lowest BCUT2D eigenvalue weighted by atomic mass is 9.98. The van der Waals surface area contributed by atoms with Gasteiger partial charge in [-0.1, -0.05) is 156 Å². The third kappa shape index (κ3) is 42.3. The Morgan fingerprint density at radius 1 is 0.423 bits per heavy atom. The average molecular weight is 1020 g/mol. The molecule has 0 amide bonds. The average Bonchev–Trinajstić information content (AvgIpc) is 3.31. The van der Waals surface area contributed by atoms with E-state index in [1.807, 2.05) is 0 Å². The molecule has 0 aliphatic carbocycles. The molecule has 1 heterocycles. The lowest BCUT2D eigenvalue weighted by Gasteiger charge is -2.36. The highest BCUT2D eigenvalue weighted by molar-refractivity contribution is 5.73. The quantitative estimate of drug-likeness (QED) is 0.0331. The molecule has 1 saturated heterocycles. The number of aliphatic carboxylic acids is 1. The monoisotopic (exact) mass is 1020 g/mol. The zero-order chi connectivity index (χ0) is 53.0. The van der Waals surface area contributed by atoms with Crippen LogP contribution in [0.1, 0.15) is 227 Å². The van der Waals surface area contributed by atoms with E-state index >= 15 is 0 Å². The van der Waals surface area contributed by atoms with Crippen molar-refractivity contribution in [2.45, 2.75) is 245 Å². The van der Waals surface area contributed by atoms with E-state index in [-0.39, 0.29) is 88.4 Å². The molecule has 2 N–H and O–H groups in total. The first-order valence-corrected chi connectivity index (χ1v) is 27.0. The number of carbonyl (C=O) groups is 7. The molecule has 0 spiro atoms. The van der Waals surface area contributed by atoms with E-state index in [1.54, 1.807) is 0 Å². The van der Waals surface area contributed by atoms with Gasteiger partial charge in [-0.05, 0) is 32.1 Å². The molecule has 0 aromatic carbocycles. The zero-order valence-corrected chi connectivity index (χ0v) is 43.9. The molecule has 0 bridgehead atoms. The van der Waals surface area contributed by atoms with Crippen LogP contribution in [0.2, 0.25) is 0 Å². The SMILES string of the molecule is CCCCCCCCC(=O)OCC(COC(=O)CCCCCCCC)CC(=O)OC[C@@H]1C[C@H](COC(=O)CC(COC(=O)CCCCCCCC)COC(=O)CCCCCCCC)N1.O=C(O)C(F)(F)F. The van der Waals surface area contributed by atoms with Crippen LogP contribution in [0.4, 0.5) is 13.2 Å². The fourth-order valence-corrected chi connectivity index (χ4v) is 7.52. The lowest BCUT2D eigenvalue weighted by Crippen LogP contribution is -2.57. The molecule has 0 unspecified atom stereocenters. The minimum Gasteiger partial charge on any atom is -0.475 e. The van der Waals surface area contributed by atoms with Crippen LogP contribution in [0.5, 0.6) is 0 Å². The number of alkyl halides is 3. The first kappa shape index (κ1) is 67.0. The van der Waals surface area contributed by atoms with Gasteiger partial charge < -0.3 is 38.8 Å². The van der Waals surface area contributed by atoms with Crippen LogP contribution in [0, 0.1) is 11.8 Å². The van der Waals surface area contributed by atoms with Gasteiger partial charge in [0.1, 0.15) is 13.2 Å². The Bertz CT molecular complexity index is 1270. The molecule has 0 aromatic heterocycles. The molecule has 2 atom stereocenters. The number of ether oxygens (including phenoxy) is 6.